The molecule has 21 heavy (non-hydrogen) atoms. The van der Waals surface area contributed by atoms with Crippen LogP contribution in [0.5, 0.6) is 0 Å². The van der Waals surface area contributed by atoms with E-state index in [4.69, 9.17) is 4.42 Å². The number of furan rings is 1. The lowest BCUT2D eigenvalue weighted by molar-refractivity contribution is 0.444. The molecule has 0 radical (unpaired) electrons. The lowest BCUT2D eigenvalue weighted by Gasteiger charge is -2.06. The van der Waals surface area contributed by atoms with Gasteiger partial charge in [-0.15, -0.1) is 0 Å². The van der Waals surface area contributed by atoms with Crippen LogP contribution in [0.15, 0.2) is 15.4 Å². The van der Waals surface area contributed by atoms with Crippen LogP contribution in [-0.2, 0) is 16.6 Å². The molecule has 120 valence electrons. The SMILES string of the molecule is Cc1oc(CNC(C)C)cc1S(=O)(=O)NCC1CC1(C)C. The Hall–Kier alpha value is -0.850. The summed E-state index contributed by atoms with van der Waals surface area (Å²) in [6.07, 6.45) is 1.07. The Morgan fingerprint density at radius 1 is 1.43 bits per heavy atom. The third-order valence-electron chi connectivity index (χ3n) is 4.13. The molecule has 0 aromatic carbocycles. The highest BCUT2D eigenvalue weighted by atomic mass is 32.2. The predicted octanol–water partition coefficient (Wildman–Crippen LogP) is 2.41. The second kappa shape index (κ2) is 5.74. The van der Waals surface area contributed by atoms with Gasteiger partial charge in [0.1, 0.15) is 16.4 Å². The first-order chi connectivity index (χ1) is 9.62. The average molecular weight is 314 g/mol. The van der Waals surface area contributed by atoms with Crippen LogP contribution in [0.25, 0.3) is 0 Å². The Kier molecular flexibility index (Phi) is 4.52. The van der Waals surface area contributed by atoms with Crippen molar-refractivity contribution in [1.82, 2.24) is 10.0 Å². The van der Waals surface area contributed by atoms with Crippen molar-refractivity contribution in [3.05, 3.63) is 17.6 Å². The van der Waals surface area contributed by atoms with Gasteiger partial charge in [0.05, 0.1) is 6.54 Å². The van der Waals surface area contributed by atoms with Crippen molar-refractivity contribution in [1.29, 1.82) is 0 Å². The molecule has 1 heterocycles. The maximum Gasteiger partial charge on any atom is 0.244 e. The molecular formula is C15H26N2O3S. The number of rotatable bonds is 7. The Labute approximate surface area is 127 Å². The van der Waals surface area contributed by atoms with Crippen LogP contribution in [0.3, 0.4) is 0 Å². The second-order valence-corrected chi connectivity index (χ2v) is 8.65. The second-order valence-electron chi connectivity index (χ2n) is 6.91. The zero-order valence-corrected chi connectivity index (χ0v) is 14.3. The van der Waals surface area contributed by atoms with E-state index >= 15 is 0 Å². The molecule has 1 aliphatic carbocycles. The number of nitrogens with one attached hydrogen (secondary N) is 2. The third kappa shape index (κ3) is 4.08. The van der Waals surface area contributed by atoms with Crippen LogP contribution in [-0.4, -0.2) is 21.0 Å². The molecule has 0 spiro atoms. The molecule has 0 amide bonds. The van der Waals surface area contributed by atoms with Crippen molar-refractivity contribution in [3.8, 4) is 0 Å². The van der Waals surface area contributed by atoms with Gasteiger partial charge in [0.15, 0.2) is 0 Å². The van der Waals surface area contributed by atoms with Gasteiger partial charge >= 0.3 is 0 Å². The molecule has 5 nitrogen and oxygen atoms in total. The molecule has 6 heteroatoms. The van der Waals surface area contributed by atoms with Crippen molar-refractivity contribution in [2.24, 2.45) is 11.3 Å². The van der Waals surface area contributed by atoms with E-state index in [-0.39, 0.29) is 10.3 Å². The fourth-order valence-corrected chi connectivity index (χ4v) is 3.68. The first-order valence-electron chi connectivity index (χ1n) is 7.44. The van der Waals surface area contributed by atoms with Crippen molar-refractivity contribution in [2.45, 2.75) is 58.5 Å². The summed E-state index contributed by atoms with van der Waals surface area (Å²) in [7, 11) is -3.49. The first kappa shape index (κ1) is 16.5. The molecule has 2 rings (SSSR count). The standard InChI is InChI=1S/C15H26N2O3S/c1-10(2)16-9-13-6-14(11(3)20-13)21(18,19)17-8-12-7-15(12,4)5/h6,10,12,16-17H,7-9H2,1-5H3. The lowest BCUT2D eigenvalue weighted by Crippen LogP contribution is -2.27. The summed E-state index contributed by atoms with van der Waals surface area (Å²) < 4.78 is 32.9. The summed E-state index contributed by atoms with van der Waals surface area (Å²) >= 11 is 0. The van der Waals surface area contributed by atoms with Gasteiger partial charge in [-0.1, -0.05) is 27.7 Å². The Morgan fingerprint density at radius 2 is 2.05 bits per heavy atom. The van der Waals surface area contributed by atoms with Gasteiger partial charge in [0, 0.05) is 18.7 Å². The fraction of sp³-hybridized carbons (Fsp3) is 0.733. The number of sulfonamides is 1. The summed E-state index contributed by atoms with van der Waals surface area (Å²) in [4.78, 5) is 0.251. The topological polar surface area (TPSA) is 71.3 Å². The minimum absolute atomic E-state index is 0.251. The van der Waals surface area contributed by atoms with Crippen LogP contribution in [0.1, 0.15) is 45.6 Å². The molecule has 0 aliphatic heterocycles. The van der Waals surface area contributed by atoms with Gasteiger partial charge < -0.3 is 9.73 Å². The summed E-state index contributed by atoms with van der Waals surface area (Å²) in [6.45, 7) is 11.1. The van der Waals surface area contributed by atoms with E-state index in [2.05, 4.69) is 23.9 Å². The smallest absolute Gasteiger partial charge is 0.244 e. The molecule has 2 N–H and O–H groups in total. The van der Waals surface area contributed by atoms with Crippen LogP contribution in [0.4, 0.5) is 0 Å². The van der Waals surface area contributed by atoms with Crippen LogP contribution in [0.2, 0.25) is 0 Å². The Bertz CT molecular complexity index is 602. The van der Waals surface area contributed by atoms with E-state index in [1.54, 1.807) is 13.0 Å². The Balaban J connectivity index is 2.02. The van der Waals surface area contributed by atoms with Crippen molar-refractivity contribution in [3.63, 3.8) is 0 Å². The molecule has 1 fully saturated rings. The third-order valence-corrected chi connectivity index (χ3v) is 5.67. The zero-order chi connectivity index (χ0) is 15.8. The molecule has 1 aromatic rings. The van der Waals surface area contributed by atoms with Crippen LogP contribution in [0, 0.1) is 18.3 Å². The van der Waals surface area contributed by atoms with Gasteiger partial charge in [-0.3, -0.25) is 0 Å². The van der Waals surface area contributed by atoms with Crippen LogP contribution >= 0.6 is 0 Å². The quantitative estimate of drug-likeness (QED) is 0.811. The molecule has 1 aliphatic rings. The first-order valence-corrected chi connectivity index (χ1v) is 8.92. The van der Waals surface area contributed by atoms with Gasteiger partial charge in [0.2, 0.25) is 10.0 Å². The normalized spacial score (nSPS) is 21.0. The number of aryl methyl sites for hydroxylation is 1. The maximum absolute atomic E-state index is 12.4. The van der Waals surface area contributed by atoms with E-state index in [1.807, 2.05) is 13.8 Å². The molecule has 0 bridgehead atoms. The minimum atomic E-state index is -3.49. The van der Waals surface area contributed by atoms with E-state index in [1.165, 1.54) is 0 Å². The summed E-state index contributed by atoms with van der Waals surface area (Å²) in [5.41, 5.74) is 0.264. The molecule has 1 aromatic heterocycles. The Morgan fingerprint density at radius 3 is 2.57 bits per heavy atom. The molecule has 1 unspecified atom stereocenters. The van der Waals surface area contributed by atoms with Crippen molar-refractivity contribution >= 4 is 10.0 Å². The average Bonchev–Trinajstić information content (AvgIpc) is 2.78. The van der Waals surface area contributed by atoms with E-state index in [0.29, 0.717) is 36.6 Å². The summed E-state index contributed by atoms with van der Waals surface area (Å²) in [5.74, 6) is 1.52. The molecule has 1 saturated carbocycles. The predicted molar refractivity (Wildman–Crippen MR) is 82.5 cm³/mol. The maximum atomic E-state index is 12.4. The molecular weight excluding hydrogens is 288 g/mol. The highest BCUT2D eigenvalue weighted by molar-refractivity contribution is 7.89. The highest BCUT2D eigenvalue weighted by Crippen LogP contribution is 2.51. The van der Waals surface area contributed by atoms with E-state index in [9.17, 15) is 8.42 Å². The van der Waals surface area contributed by atoms with Crippen molar-refractivity contribution in [2.75, 3.05) is 6.54 Å². The van der Waals surface area contributed by atoms with Gasteiger partial charge in [-0.05, 0) is 24.7 Å². The van der Waals surface area contributed by atoms with Crippen LogP contribution < -0.4 is 10.0 Å². The summed E-state index contributed by atoms with van der Waals surface area (Å²) in [6, 6.07) is 1.94. The van der Waals surface area contributed by atoms with Gasteiger partial charge in [-0.2, -0.15) is 0 Å². The van der Waals surface area contributed by atoms with Crippen molar-refractivity contribution < 1.29 is 12.8 Å². The molecule has 1 atom stereocenters. The monoisotopic (exact) mass is 314 g/mol. The number of hydrogen-bond acceptors (Lipinski definition) is 4. The fourth-order valence-electron chi connectivity index (χ4n) is 2.40. The summed E-state index contributed by atoms with van der Waals surface area (Å²) in [5, 5.41) is 3.22. The van der Waals surface area contributed by atoms with E-state index in [0.717, 1.165) is 6.42 Å². The lowest BCUT2D eigenvalue weighted by atomic mass is 10.1. The van der Waals surface area contributed by atoms with Gasteiger partial charge in [-0.25, -0.2) is 13.1 Å². The molecule has 0 saturated heterocycles. The van der Waals surface area contributed by atoms with E-state index < -0.39 is 10.0 Å². The van der Waals surface area contributed by atoms with Gasteiger partial charge in [0.25, 0.3) is 0 Å². The minimum Gasteiger partial charge on any atom is -0.464 e. The number of hydrogen-bond donors (Lipinski definition) is 2. The zero-order valence-electron chi connectivity index (χ0n) is 13.5. The highest BCUT2D eigenvalue weighted by Gasteiger charge is 2.45. The largest absolute Gasteiger partial charge is 0.464 e.